The van der Waals surface area contributed by atoms with Gasteiger partial charge in [-0.3, -0.25) is 4.90 Å². The molecule has 0 radical (unpaired) electrons. The molecule has 0 aliphatic carbocycles. The van der Waals surface area contributed by atoms with Crippen LogP contribution in [0.1, 0.15) is 12.1 Å². The van der Waals surface area contributed by atoms with E-state index < -0.39 is 0 Å². The first kappa shape index (κ1) is 19.8. The van der Waals surface area contributed by atoms with E-state index in [1.165, 1.54) is 23.4 Å². The highest BCUT2D eigenvalue weighted by Gasteiger charge is 2.19. The van der Waals surface area contributed by atoms with Crippen molar-refractivity contribution in [3.63, 3.8) is 0 Å². The first-order valence-corrected chi connectivity index (χ1v) is 10.9. The van der Waals surface area contributed by atoms with E-state index >= 15 is 0 Å². The van der Waals surface area contributed by atoms with Gasteiger partial charge in [0.2, 0.25) is 0 Å². The lowest BCUT2D eigenvalue weighted by Gasteiger charge is -2.20. The number of aromatic nitrogens is 3. The lowest BCUT2D eigenvalue weighted by atomic mass is 10.1. The van der Waals surface area contributed by atoms with Crippen LogP contribution < -0.4 is 10.1 Å². The molecule has 5 rings (SSSR count). The molecule has 0 bridgehead atoms. The molecule has 160 valence electrons. The Morgan fingerprint density at radius 2 is 1.84 bits per heavy atom. The maximum absolute atomic E-state index is 5.35. The maximum atomic E-state index is 5.35. The van der Waals surface area contributed by atoms with Crippen LogP contribution >= 0.6 is 0 Å². The molecule has 1 aromatic carbocycles. The van der Waals surface area contributed by atoms with E-state index in [1.807, 2.05) is 12.1 Å². The number of rotatable bonds is 5. The number of benzene rings is 1. The highest BCUT2D eigenvalue weighted by Crippen LogP contribution is 2.29. The highest BCUT2D eigenvalue weighted by molar-refractivity contribution is 5.69. The van der Waals surface area contributed by atoms with Gasteiger partial charge in [-0.2, -0.15) is 0 Å². The van der Waals surface area contributed by atoms with Gasteiger partial charge in [0.05, 0.1) is 18.5 Å². The van der Waals surface area contributed by atoms with Gasteiger partial charge < -0.3 is 19.0 Å². The number of hydrogen-bond acceptors (Lipinski definition) is 4. The molecule has 0 amide bonds. The molecule has 1 fully saturated rings. The van der Waals surface area contributed by atoms with Gasteiger partial charge in [-0.25, -0.2) is 4.98 Å². The van der Waals surface area contributed by atoms with Crippen molar-refractivity contribution < 1.29 is 4.74 Å². The lowest BCUT2D eigenvalue weighted by molar-refractivity contribution is 0.281. The Hall–Kier alpha value is -3.09. The summed E-state index contributed by atoms with van der Waals surface area (Å²) in [4.78, 5) is 7.58. The summed E-state index contributed by atoms with van der Waals surface area (Å²) >= 11 is 0. The van der Waals surface area contributed by atoms with Crippen molar-refractivity contribution in [1.82, 2.24) is 24.2 Å². The van der Waals surface area contributed by atoms with Gasteiger partial charge in [0.1, 0.15) is 11.4 Å². The molecule has 1 aliphatic rings. The third-order valence-electron chi connectivity index (χ3n) is 6.13. The van der Waals surface area contributed by atoms with E-state index in [2.05, 4.69) is 75.0 Å². The van der Waals surface area contributed by atoms with E-state index in [0.29, 0.717) is 0 Å². The van der Waals surface area contributed by atoms with Crippen LogP contribution in [-0.4, -0.2) is 52.1 Å². The zero-order valence-electron chi connectivity index (χ0n) is 18.2. The summed E-state index contributed by atoms with van der Waals surface area (Å²) in [6.07, 6.45) is 5.49. The van der Waals surface area contributed by atoms with Gasteiger partial charge in [0, 0.05) is 55.9 Å². The maximum Gasteiger partial charge on any atom is 0.137 e. The Labute approximate surface area is 183 Å². The van der Waals surface area contributed by atoms with Gasteiger partial charge >= 0.3 is 0 Å². The van der Waals surface area contributed by atoms with Crippen LogP contribution in [0, 0.1) is 0 Å². The molecule has 1 N–H and O–H groups in total. The van der Waals surface area contributed by atoms with Crippen molar-refractivity contribution in [2.45, 2.75) is 13.0 Å². The standard InChI is InChI=1S/C25H29N5O/c1-28-14-3-5-22(28)20-8-11-24-27-25(19-6-9-21(31-2)10-7-19)23(30(24)17-20)18-29-15-4-12-26-13-16-29/h3,5-11,14,17,26H,4,12-13,15-16,18H2,1-2H3. The molecule has 31 heavy (non-hydrogen) atoms. The SMILES string of the molecule is COc1ccc(-c2nc3ccc(-c4cccn4C)cn3c2CN2CCCNCC2)cc1. The van der Waals surface area contributed by atoms with Gasteiger partial charge in [-0.15, -0.1) is 0 Å². The third kappa shape index (κ3) is 3.96. The predicted molar refractivity (Wildman–Crippen MR) is 124 cm³/mol. The summed E-state index contributed by atoms with van der Waals surface area (Å²) in [5.74, 6) is 0.860. The lowest BCUT2D eigenvalue weighted by Crippen LogP contribution is -2.28. The molecule has 6 nitrogen and oxygen atoms in total. The molecule has 6 heteroatoms. The summed E-state index contributed by atoms with van der Waals surface area (Å²) in [5.41, 5.74) is 6.77. The van der Waals surface area contributed by atoms with Crippen LogP contribution in [0.25, 0.3) is 28.2 Å². The number of methoxy groups -OCH3 is 1. The van der Waals surface area contributed by atoms with Crippen LogP contribution in [0.4, 0.5) is 0 Å². The first-order chi connectivity index (χ1) is 15.2. The average Bonchev–Trinajstić information content (AvgIpc) is 3.28. The summed E-state index contributed by atoms with van der Waals surface area (Å²) in [7, 11) is 3.78. The second kappa shape index (κ2) is 8.57. The summed E-state index contributed by atoms with van der Waals surface area (Å²) in [6.45, 7) is 5.14. The van der Waals surface area contributed by atoms with E-state index in [1.54, 1.807) is 7.11 Å². The van der Waals surface area contributed by atoms with Gasteiger partial charge in [0.25, 0.3) is 0 Å². The molecule has 4 heterocycles. The van der Waals surface area contributed by atoms with Crippen LogP contribution in [0.5, 0.6) is 5.75 Å². The Morgan fingerprint density at radius 3 is 2.61 bits per heavy atom. The fourth-order valence-corrected chi connectivity index (χ4v) is 4.41. The third-order valence-corrected chi connectivity index (χ3v) is 6.13. The van der Waals surface area contributed by atoms with E-state index in [0.717, 1.165) is 55.4 Å². The summed E-state index contributed by atoms with van der Waals surface area (Å²) in [6, 6.07) is 16.8. The topological polar surface area (TPSA) is 46.7 Å². The van der Waals surface area contributed by atoms with Crippen molar-refractivity contribution in [1.29, 1.82) is 0 Å². The molecule has 1 saturated heterocycles. The molecule has 3 aromatic heterocycles. The minimum Gasteiger partial charge on any atom is -0.497 e. The monoisotopic (exact) mass is 415 g/mol. The largest absolute Gasteiger partial charge is 0.497 e. The fourth-order valence-electron chi connectivity index (χ4n) is 4.41. The first-order valence-electron chi connectivity index (χ1n) is 10.9. The molecular formula is C25H29N5O. The van der Waals surface area contributed by atoms with Gasteiger partial charge in [-0.05, 0) is 68.0 Å². The van der Waals surface area contributed by atoms with Crippen LogP contribution in [0.3, 0.4) is 0 Å². The number of ether oxygens (including phenoxy) is 1. The normalized spacial score (nSPS) is 15.3. The molecule has 0 saturated carbocycles. The van der Waals surface area contributed by atoms with Crippen molar-refractivity contribution in [3.05, 3.63) is 66.6 Å². The molecule has 0 atom stereocenters. The highest BCUT2D eigenvalue weighted by atomic mass is 16.5. The van der Waals surface area contributed by atoms with Crippen LogP contribution in [0.2, 0.25) is 0 Å². The van der Waals surface area contributed by atoms with Crippen molar-refractivity contribution in [3.8, 4) is 28.3 Å². The minimum absolute atomic E-state index is 0.860. The summed E-state index contributed by atoms with van der Waals surface area (Å²) in [5, 5.41) is 3.51. The molecule has 0 spiro atoms. The second-order valence-corrected chi connectivity index (χ2v) is 8.17. The second-order valence-electron chi connectivity index (χ2n) is 8.17. The summed E-state index contributed by atoms with van der Waals surface area (Å²) < 4.78 is 9.79. The van der Waals surface area contributed by atoms with Crippen molar-refractivity contribution in [2.24, 2.45) is 7.05 Å². The molecular weight excluding hydrogens is 386 g/mol. The number of hydrogen-bond donors (Lipinski definition) is 1. The van der Waals surface area contributed by atoms with E-state index in [4.69, 9.17) is 9.72 Å². The predicted octanol–water partition coefficient (Wildman–Crippen LogP) is 3.81. The number of imidazole rings is 1. The molecule has 1 aliphatic heterocycles. The van der Waals surface area contributed by atoms with Crippen molar-refractivity contribution in [2.75, 3.05) is 33.3 Å². The number of aryl methyl sites for hydroxylation is 1. The number of pyridine rings is 1. The van der Waals surface area contributed by atoms with E-state index in [-0.39, 0.29) is 0 Å². The Bertz CT molecular complexity index is 1170. The Balaban J connectivity index is 1.62. The Morgan fingerprint density at radius 1 is 1.00 bits per heavy atom. The Kier molecular flexibility index (Phi) is 5.49. The number of nitrogens with zero attached hydrogens (tertiary/aromatic N) is 4. The molecule has 0 unspecified atom stereocenters. The van der Waals surface area contributed by atoms with Crippen LogP contribution in [0.15, 0.2) is 60.9 Å². The van der Waals surface area contributed by atoms with E-state index in [9.17, 15) is 0 Å². The average molecular weight is 416 g/mol. The van der Waals surface area contributed by atoms with Crippen LogP contribution in [-0.2, 0) is 13.6 Å². The number of nitrogens with one attached hydrogen (secondary N) is 1. The smallest absolute Gasteiger partial charge is 0.137 e. The van der Waals surface area contributed by atoms with Gasteiger partial charge in [0.15, 0.2) is 0 Å². The quantitative estimate of drug-likeness (QED) is 0.538. The minimum atomic E-state index is 0.860. The molecule has 4 aromatic rings. The number of fused-ring (bicyclic) bond motifs is 1. The van der Waals surface area contributed by atoms with Gasteiger partial charge in [-0.1, -0.05) is 0 Å². The van der Waals surface area contributed by atoms with Crippen molar-refractivity contribution >= 4 is 5.65 Å². The zero-order valence-corrected chi connectivity index (χ0v) is 18.2. The zero-order chi connectivity index (χ0) is 21.2. The fraction of sp³-hybridized carbons (Fsp3) is 0.320.